The van der Waals surface area contributed by atoms with Crippen LogP contribution in [0.15, 0.2) is 54.6 Å². The lowest BCUT2D eigenvalue weighted by Crippen LogP contribution is -2.29. The maximum Gasteiger partial charge on any atom is 0.224 e. The highest BCUT2D eigenvalue weighted by Crippen LogP contribution is 2.29. The minimum absolute atomic E-state index is 0.160. The van der Waals surface area contributed by atoms with E-state index in [1.54, 1.807) is 12.1 Å². The van der Waals surface area contributed by atoms with Gasteiger partial charge in [0.15, 0.2) is 0 Å². The fourth-order valence-corrected chi connectivity index (χ4v) is 3.38. The molecule has 23 heavy (non-hydrogen) atoms. The van der Waals surface area contributed by atoms with Gasteiger partial charge >= 0.3 is 0 Å². The van der Waals surface area contributed by atoms with Gasteiger partial charge in [0.1, 0.15) is 11.9 Å². The fraction of sp³-hybridized carbons (Fsp3) is 0.167. The number of benzene rings is 2. The third-order valence-electron chi connectivity index (χ3n) is 3.54. The van der Waals surface area contributed by atoms with Gasteiger partial charge < -0.3 is 10.4 Å². The first-order valence-corrected chi connectivity index (χ1v) is 8.11. The van der Waals surface area contributed by atoms with Gasteiger partial charge in [0.2, 0.25) is 5.91 Å². The van der Waals surface area contributed by atoms with Crippen LogP contribution in [-0.4, -0.2) is 17.6 Å². The van der Waals surface area contributed by atoms with Crippen molar-refractivity contribution in [1.82, 2.24) is 5.32 Å². The summed E-state index contributed by atoms with van der Waals surface area (Å²) in [5.74, 6) is -0.522. The molecule has 0 spiro atoms. The van der Waals surface area contributed by atoms with E-state index in [0.29, 0.717) is 0 Å². The summed E-state index contributed by atoms with van der Waals surface area (Å²) in [5, 5.41) is 14.0. The number of fused-ring (bicyclic) bond motifs is 1. The van der Waals surface area contributed by atoms with Crippen molar-refractivity contribution in [2.45, 2.75) is 12.5 Å². The zero-order chi connectivity index (χ0) is 16.2. The third-order valence-corrected chi connectivity index (χ3v) is 4.76. The summed E-state index contributed by atoms with van der Waals surface area (Å²) >= 11 is 1.52. The molecule has 1 atom stereocenters. The minimum Gasteiger partial charge on any atom is -0.386 e. The van der Waals surface area contributed by atoms with Crippen LogP contribution in [0.2, 0.25) is 0 Å². The van der Waals surface area contributed by atoms with Gasteiger partial charge in [-0.2, -0.15) is 0 Å². The SMILES string of the molecule is O=C(Cc1ccc(F)cc1)NCC(O)c1cc2ccccc2s1. The Labute approximate surface area is 137 Å². The molecule has 1 aromatic heterocycles. The molecule has 3 nitrogen and oxygen atoms in total. The lowest BCUT2D eigenvalue weighted by Gasteiger charge is -2.10. The second kappa shape index (κ2) is 6.89. The molecular weight excluding hydrogens is 313 g/mol. The zero-order valence-corrected chi connectivity index (χ0v) is 13.1. The van der Waals surface area contributed by atoms with Gasteiger partial charge in [0.05, 0.1) is 6.42 Å². The summed E-state index contributed by atoms with van der Waals surface area (Å²) in [6, 6.07) is 15.7. The van der Waals surface area contributed by atoms with Crippen LogP contribution in [0.5, 0.6) is 0 Å². The average Bonchev–Trinajstić information content (AvgIpc) is 2.99. The Balaban J connectivity index is 1.56. The van der Waals surface area contributed by atoms with E-state index < -0.39 is 6.10 Å². The van der Waals surface area contributed by atoms with Crippen LogP contribution >= 0.6 is 11.3 Å². The lowest BCUT2D eigenvalue weighted by atomic mass is 10.1. The Morgan fingerprint density at radius 1 is 1.17 bits per heavy atom. The van der Waals surface area contributed by atoms with Crippen molar-refractivity contribution in [2.24, 2.45) is 0 Å². The molecule has 0 fully saturated rings. The number of nitrogens with one attached hydrogen (secondary N) is 1. The lowest BCUT2D eigenvalue weighted by molar-refractivity contribution is -0.120. The van der Waals surface area contributed by atoms with E-state index in [1.807, 2.05) is 30.3 Å². The van der Waals surface area contributed by atoms with E-state index in [4.69, 9.17) is 0 Å². The number of halogens is 1. The largest absolute Gasteiger partial charge is 0.386 e. The number of carbonyl (C=O) groups is 1. The smallest absolute Gasteiger partial charge is 0.224 e. The molecular formula is C18H16FNO2S. The molecule has 2 aromatic carbocycles. The predicted octanol–water partition coefficient (Wildman–Crippen LogP) is 3.43. The molecule has 2 N–H and O–H groups in total. The highest BCUT2D eigenvalue weighted by atomic mass is 32.1. The van der Waals surface area contributed by atoms with E-state index in [1.165, 1.54) is 23.5 Å². The van der Waals surface area contributed by atoms with Crippen molar-refractivity contribution in [2.75, 3.05) is 6.54 Å². The van der Waals surface area contributed by atoms with Gasteiger partial charge in [0.25, 0.3) is 0 Å². The standard InChI is InChI=1S/C18H16FNO2S/c19-14-7-5-12(6-8-14)9-18(22)20-11-15(21)17-10-13-3-1-2-4-16(13)23-17/h1-8,10,15,21H,9,11H2,(H,20,22). The van der Waals surface area contributed by atoms with Crippen molar-refractivity contribution in [3.8, 4) is 0 Å². The molecule has 0 radical (unpaired) electrons. The monoisotopic (exact) mass is 329 g/mol. The number of aliphatic hydroxyl groups excluding tert-OH is 1. The Hall–Kier alpha value is -2.24. The molecule has 3 rings (SSSR count). The van der Waals surface area contributed by atoms with Gasteiger partial charge in [-0.3, -0.25) is 4.79 Å². The Morgan fingerprint density at radius 3 is 2.65 bits per heavy atom. The molecule has 0 aliphatic rings. The van der Waals surface area contributed by atoms with Gasteiger partial charge in [-0.15, -0.1) is 11.3 Å². The molecule has 1 amide bonds. The summed E-state index contributed by atoms with van der Waals surface area (Å²) in [7, 11) is 0. The fourth-order valence-electron chi connectivity index (χ4n) is 2.33. The van der Waals surface area contributed by atoms with E-state index in [-0.39, 0.29) is 24.7 Å². The normalized spacial score (nSPS) is 12.3. The topological polar surface area (TPSA) is 49.3 Å². The van der Waals surface area contributed by atoms with Crippen LogP contribution in [0, 0.1) is 5.82 Å². The second-order valence-corrected chi connectivity index (χ2v) is 6.43. The van der Waals surface area contributed by atoms with Crippen molar-refractivity contribution in [3.63, 3.8) is 0 Å². The summed E-state index contributed by atoms with van der Waals surface area (Å²) in [6.45, 7) is 0.160. The third kappa shape index (κ3) is 3.94. The molecule has 0 saturated carbocycles. The first-order chi connectivity index (χ1) is 11.1. The average molecular weight is 329 g/mol. The zero-order valence-electron chi connectivity index (χ0n) is 12.3. The number of thiophene rings is 1. The van der Waals surface area contributed by atoms with Crippen molar-refractivity contribution in [1.29, 1.82) is 0 Å². The molecule has 1 heterocycles. The highest BCUT2D eigenvalue weighted by Gasteiger charge is 2.13. The molecule has 5 heteroatoms. The van der Waals surface area contributed by atoms with Gasteiger partial charge in [0, 0.05) is 16.1 Å². The van der Waals surface area contributed by atoms with Crippen molar-refractivity contribution in [3.05, 3.63) is 70.9 Å². The van der Waals surface area contributed by atoms with Crippen LogP contribution in [0.1, 0.15) is 16.5 Å². The number of rotatable bonds is 5. The predicted molar refractivity (Wildman–Crippen MR) is 89.9 cm³/mol. The van der Waals surface area contributed by atoms with Gasteiger partial charge in [-0.1, -0.05) is 30.3 Å². The molecule has 118 valence electrons. The van der Waals surface area contributed by atoms with E-state index in [0.717, 1.165) is 20.5 Å². The summed E-state index contributed by atoms with van der Waals surface area (Å²) in [5.41, 5.74) is 0.736. The summed E-state index contributed by atoms with van der Waals surface area (Å²) < 4.78 is 13.9. The molecule has 1 unspecified atom stereocenters. The quantitative estimate of drug-likeness (QED) is 0.753. The van der Waals surface area contributed by atoms with Crippen LogP contribution in [0.25, 0.3) is 10.1 Å². The number of hydrogen-bond donors (Lipinski definition) is 2. The van der Waals surface area contributed by atoms with Gasteiger partial charge in [-0.05, 0) is 35.2 Å². The first-order valence-electron chi connectivity index (χ1n) is 7.29. The number of hydrogen-bond acceptors (Lipinski definition) is 3. The number of amides is 1. The second-order valence-electron chi connectivity index (χ2n) is 5.31. The first kappa shape index (κ1) is 15.6. The van der Waals surface area contributed by atoms with Crippen molar-refractivity contribution >= 4 is 27.3 Å². The van der Waals surface area contributed by atoms with E-state index >= 15 is 0 Å². The Kier molecular flexibility index (Phi) is 4.69. The molecule has 0 aliphatic carbocycles. The molecule has 0 aliphatic heterocycles. The summed E-state index contributed by atoms with van der Waals surface area (Å²) in [4.78, 5) is 12.7. The van der Waals surface area contributed by atoms with Crippen LogP contribution < -0.4 is 5.32 Å². The summed E-state index contributed by atoms with van der Waals surface area (Å²) in [6.07, 6.45) is -0.566. The van der Waals surface area contributed by atoms with E-state index in [9.17, 15) is 14.3 Å². The maximum atomic E-state index is 12.8. The molecule has 3 aromatic rings. The van der Waals surface area contributed by atoms with Crippen LogP contribution in [-0.2, 0) is 11.2 Å². The molecule has 0 bridgehead atoms. The Bertz CT molecular complexity index is 780. The van der Waals surface area contributed by atoms with Crippen molar-refractivity contribution < 1.29 is 14.3 Å². The number of carbonyl (C=O) groups excluding carboxylic acids is 1. The Morgan fingerprint density at radius 2 is 1.91 bits per heavy atom. The van der Waals surface area contributed by atoms with E-state index in [2.05, 4.69) is 5.32 Å². The minimum atomic E-state index is -0.732. The van der Waals surface area contributed by atoms with Crippen LogP contribution in [0.3, 0.4) is 0 Å². The molecule has 0 saturated heterocycles. The highest BCUT2D eigenvalue weighted by molar-refractivity contribution is 7.19. The van der Waals surface area contributed by atoms with Crippen LogP contribution in [0.4, 0.5) is 4.39 Å². The maximum absolute atomic E-state index is 12.8. The number of aliphatic hydroxyl groups is 1. The van der Waals surface area contributed by atoms with Gasteiger partial charge in [-0.25, -0.2) is 4.39 Å².